The molecule has 0 amide bonds. The molecule has 1 aromatic heterocycles. The van der Waals surface area contributed by atoms with Crippen molar-refractivity contribution in [3.63, 3.8) is 0 Å². The predicted octanol–water partition coefficient (Wildman–Crippen LogP) is 2.87. The van der Waals surface area contributed by atoms with Gasteiger partial charge >= 0.3 is 0 Å². The molecule has 0 aliphatic rings. The van der Waals surface area contributed by atoms with Gasteiger partial charge in [0.2, 0.25) is 0 Å². The summed E-state index contributed by atoms with van der Waals surface area (Å²) in [5.74, 6) is 0.697. The summed E-state index contributed by atoms with van der Waals surface area (Å²) in [5.41, 5.74) is 3.10. The zero-order valence-electron chi connectivity index (χ0n) is 10.8. The summed E-state index contributed by atoms with van der Waals surface area (Å²) in [5, 5.41) is 0. The highest BCUT2D eigenvalue weighted by Gasteiger charge is 2.09. The van der Waals surface area contributed by atoms with Crippen molar-refractivity contribution in [2.24, 2.45) is 0 Å². The van der Waals surface area contributed by atoms with E-state index >= 15 is 0 Å². The molecule has 0 unspecified atom stereocenters. The number of rotatable bonds is 3. The Balaban J connectivity index is 2.19. The zero-order valence-corrected chi connectivity index (χ0v) is 10.8. The second-order valence-corrected chi connectivity index (χ2v) is 4.39. The molecule has 18 heavy (non-hydrogen) atoms. The van der Waals surface area contributed by atoms with E-state index in [0.717, 1.165) is 22.6 Å². The first-order valence-corrected chi connectivity index (χ1v) is 5.81. The lowest BCUT2D eigenvalue weighted by molar-refractivity contribution is 0.627. The normalized spacial score (nSPS) is 10.4. The summed E-state index contributed by atoms with van der Waals surface area (Å²) in [6, 6.07) is 6.52. The predicted molar refractivity (Wildman–Crippen MR) is 70.0 cm³/mol. The Morgan fingerprint density at radius 1 is 1.11 bits per heavy atom. The molecule has 0 radical (unpaired) electrons. The monoisotopic (exact) mass is 245 g/mol. The minimum absolute atomic E-state index is 0.213. The third-order valence-electron chi connectivity index (χ3n) is 3.00. The minimum Gasteiger partial charge on any atom is -0.355 e. The van der Waals surface area contributed by atoms with Crippen LogP contribution in [-0.2, 0) is 6.54 Å². The van der Waals surface area contributed by atoms with E-state index in [1.807, 2.05) is 25.8 Å². The number of anilines is 1. The lowest BCUT2D eigenvalue weighted by Crippen LogP contribution is -2.19. The van der Waals surface area contributed by atoms with Crippen molar-refractivity contribution in [2.45, 2.75) is 20.4 Å². The van der Waals surface area contributed by atoms with Gasteiger partial charge < -0.3 is 4.90 Å². The van der Waals surface area contributed by atoms with Gasteiger partial charge in [0.25, 0.3) is 0 Å². The average molecular weight is 245 g/mol. The van der Waals surface area contributed by atoms with E-state index in [2.05, 4.69) is 9.97 Å². The molecule has 0 saturated carbocycles. The van der Waals surface area contributed by atoms with Crippen molar-refractivity contribution in [1.82, 2.24) is 9.97 Å². The van der Waals surface area contributed by atoms with Crippen LogP contribution in [0.15, 0.2) is 30.6 Å². The van der Waals surface area contributed by atoms with Crippen LogP contribution in [0.2, 0.25) is 0 Å². The average Bonchev–Trinajstić information content (AvgIpc) is 2.35. The fourth-order valence-electron chi connectivity index (χ4n) is 1.85. The molecule has 0 N–H and O–H groups in total. The first kappa shape index (κ1) is 12.5. The third kappa shape index (κ3) is 2.64. The summed E-state index contributed by atoms with van der Waals surface area (Å²) >= 11 is 0. The largest absolute Gasteiger partial charge is 0.355 e. The SMILES string of the molecule is Cc1ncnc(N(C)Cc2ccc(F)cc2)c1C. The lowest BCUT2D eigenvalue weighted by atomic mass is 10.2. The van der Waals surface area contributed by atoms with E-state index in [-0.39, 0.29) is 5.82 Å². The molecule has 2 aromatic rings. The number of halogens is 1. The van der Waals surface area contributed by atoms with Crippen LogP contribution in [0.3, 0.4) is 0 Å². The molecule has 1 aromatic carbocycles. The highest BCUT2D eigenvalue weighted by atomic mass is 19.1. The van der Waals surface area contributed by atoms with Gasteiger partial charge in [0.1, 0.15) is 18.0 Å². The fourth-order valence-corrected chi connectivity index (χ4v) is 1.85. The van der Waals surface area contributed by atoms with Gasteiger partial charge in [-0.1, -0.05) is 12.1 Å². The summed E-state index contributed by atoms with van der Waals surface area (Å²) in [7, 11) is 1.97. The van der Waals surface area contributed by atoms with Crippen molar-refractivity contribution in [3.05, 3.63) is 53.2 Å². The number of nitrogens with zero attached hydrogens (tertiary/aromatic N) is 3. The molecule has 2 rings (SSSR count). The number of aromatic nitrogens is 2. The van der Waals surface area contributed by atoms with Crippen LogP contribution < -0.4 is 4.90 Å². The van der Waals surface area contributed by atoms with Gasteiger partial charge in [-0.25, -0.2) is 14.4 Å². The maximum Gasteiger partial charge on any atom is 0.135 e. The molecule has 94 valence electrons. The maximum absolute atomic E-state index is 12.8. The van der Waals surface area contributed by atoms with Crippen molar-refractivity contribution >= 4 is 5.82 Å². The van der Waals surface area contributed by atoms with Crippen molar-refractivity contribution in [2.75, 3.05) is 11.9 Å². The molecule has 0 bridgehead atoms. The zero-order chi connectivity index (χ0) is 13.1. The number of hydrogen-bond donors (Lipinski definition) is 0. The molecular formula is C14H16FN3. The summed E-state index contributed by atoms with van der Waals surface area (Å²) < 4.78 is 12.8. The number of benzene rings is 1. The molecule has 0 saturated heterocycles. The van der Waals surface area contributed by atoms with Crippen LogP contribution in [0.4, 0.5) is 10.2 Å². The highest BCUT2D eigenvalue weighted by Crippen LogP contribution is 2.18. The van der Waals surface area contributed by atoms with Crippen LogP contribution >= 0.6 is 0 Å². The summed E-state index contributed by atoms with van der Waals surface area (Å²) in [6.07, 6.45) is 1.57. The van der Waals surface area contributed by atoms with Gasteiger partial charge in [0.15, 0.2) is 0 Å². The Bertz CT molecular complexity index is 537. The van der Waals surface area contributed by atoms with Crippen molar-refractivity contribution in [3.8, 4) is 0 Å². The Hall–Kier alpha value is -1.97. The van der Waals surface area contributed by atoms with E-state index < -0.39 is 0 Å². The summed E-state index contributed by atoms with van der Waals surface area (Å²) in [6.45, 7) is 4.66. The minimum atomic E-state index is -0.213. The maximum atomic E-state index is 12.8. The molecule has 4 heteroatoms. The third-order valence-corrected chi connectivity index (χ3v) is 3.00. The molecule has 0 fully saturated rings. The summed E-state index contributed by atoms with van der Waals surface area (Å²) in [4.78, 5) is 10.5. The van der Waals surface area contributed by atoms with Crippen LogP contribution in [0.1, 0.15) is 16.8 Å². The molecule has 0 aliphatic heterocycles. The van der Waals surface area contributed by atoms with Gasteiger partial charge in [0, 0.05) is 24.8 Å². The molecule has 1 heterocycles. The van der Waals surface area contributed by atoms with E-state index in [4.69, 9.17) is 0 Å². The van der Waals surface area contributed by atoms with Crippen molar-refractivity contribution < 1.29 is 4.39 Å². The van der Waals surface area contributed by atoms with E-state index in [9.17, 15) is 4.39 Å². The number of hydrogen-bond acceptors (Lipinski definition) is 3. The van der Waals surface area contributed by atoms with Gasteiger partial charge in [-0.05, 0) is 31.5 Å². The van der Waals surface area contributed by atoms with Crippen LogP contribution in [0.25, 0.3) is 0 Å². The molecule has 0 spiro atoms. The van der Waals surface area contributed by atoms with Crippen LogP contribution in [-0.4, -0.2) is 17.0 Å². The van der Waals surface area contributed by atoms with Gasteiger partial charge in [-0.2, -0.15) is 0 Å². The second kappa shape index (κ2) is 5.12. The second-order valence-electron chi connectivity index (χ2n) is 4.39. The first-order valence-electron chi connectivity index (χ1n) is 5.81. The Kier molecular flexibility index (Phi) is 3.55. The van der Waals surface area contributed by atoms with Gasteiger partial charge in [-0.15, -0.1) is 0 Å². The lowest BCUT2D eigenvalue weighted by Gasteiger charge is -2.20. The quantitative estimate of drug-likeness (QED) is 0.832. The molecular weight excluding hydrogens is 229 g/mol. The Morgan fingerprint density at radius 2 is 1.78 bits per heavy atom. The molecule has 0 aliphatic carbocycles. The van der Waals surface area contributed by atoms with Crippen LogP contribution in [0.5, 0.6) is 0 Å². The Morgan fingerprint density at radius 3 is 2.44 bits per heavy atom. The van der Waals surface area contributed by atoms with Gasteiger partial charge in [-0.3, -0.25) is 0 Å². The molecule has 3 nitrogen and oxygen atoms in total. The standard InChI is InChI=1S/C14H16FN3/c1-10-11(2)16-9-17-14(10)18(3)8-12-4-6-13(15)7-5-12/h4-7,9H,8H2,1-3H3. The fraction of sp³-hybridized carbons (Fsp3) is 0.286. The molecule has 0 atom stereocenters. The van der Waals surface area contributed by atoms with E-state index in [0.29, 0.717) is 6.54 Å². The van der Waals surface area contributed by atoms with Crippen LogP contribution in [0, 0.1) is 19.7 Å². The van der Waals surface area contributed by atoms with E-state index in [1.165, 1.54) is 12.1 Å². The highest BCUT2D eigenvalue weighted by molar-refractivity contribution is 5.47. The Labute approximate surface area is 106 Å². The van der Waals surface area contributed by atoms with Crippen molar-refractivity contribution in [1.29, 1.82) is 0 Å². The van der Waals surface area contributed by atoms with Gasteiger partial charge in [0.05, 0.1) is 0 Å². The smallest absolute Gasteiger partial charge is 0.135 e. The topological polar surface area (TPSA) is 29.0 Å². The van der Waals surface area contributed by atoms with E-state index in [1.54, 1.807) is 18.5 Å². The first-order chi connectivity index (χ1) is 8.58. The number of aryl methyl sites for hydroxylation is 1.